The Morgan fingerprint density at radius 3 is 2.76 bits per heavy atom. The van der Waals surface area contributed by atoms with Crippen molar-refractivity contribution < 1.29 is 18.7 Å². The van der Waals surface area contributed by atoms with Crippen LogP contribution in [0.3, 0.4) is 0 Å². The maximum atomic E-state index is 13.0. The molecule has 1 aliphatic rings. The van der Waals surface area contributed by atoms with Crippen molar-refractivity contribution in [2.75, 3.05) is 11.4 Å². The number of carbonyl (C=O) groups excluding carboxylic acids is 2. The van der Waals surface area contributed by atoms with Gasteiger partial charge in [0.05, 0.1) is 12.2 Å². The molecule has 0 spiro atoms. The normalized spacial score (nSPS) is 16.4. The van der Waals surface area contributed by atoms with Crippen LogP contribution in [-0.2, 0) is 4.79 Å². The molecule has 1 aromatic heterocycles. The highest BCUT2D eigenvalue weighted by atomic mass is 35.5. The van der Waals surface area contributed by atoms with Gasteiger partial charge in [0.15, 0.2) is 11.9 Å². The predicted octanol–water partition coefficient (Wildman–Crippen LogP) is 2.98. The van der Waals surface area contributed by atoms with Gasteiger partial charge in [0, 0.05) is 10.4 Å². The third-order valence-electron chi connectivity index (χ3n) is 4.03. The fraction of sp³-hybridized carbons (Fsp3) is 0.111. The van der Waals surface area contributed by atoms with Crippen LogP contribution in [0, 0.1) is 0 Å². The van der Waals surface area contributed by atoms with E-state index in [0.717, 1.165) is 5.39 Å². The number of anilines is 1. The van der Waals surface area contributed by atoms with E-state index in [1.807, 2.05) is 0 Å². The second-order valence-electron chi connectivity index (χ2n) is 5.69. The number of para-hydroxylation sites is 2. The Morgan fingerprint density at radius 1 is 1.16 bits per heavy atom. The molecule has 0 radical (unpaired) electrons. The van der Waals surface area contributed by atoms with Gasteiger partial charge in [-0.2, -0.15) is 0 Å². The highest BCUT2D eigenvalue weighted by molar-refractivity contribution is 6.31. The van der Waals surface area contributed by atoms with Crippen molar-refractivity contribution in [2.45, 2.75) is 6.10 Å². The number of nitrogens with two attached hydrogens (primary N) is 1. The number of hydrogen-bond donors (Lipinski definition) is 1. The highest BCUT2D eigenvalue weighted by Gasteiger charge is 2.34. The Kier molecular flexibility index (Phi) is 3.62. The molecular weight excluding hydrogens is 344 g/mol. The average molecular weight is 357 g/mol. The fourth-order valence-corrected chi connectivity index (χ4v) is 3.01. The van der Waals surface area contributed by atoms with Gasteiger partial charge in [-0.25, -0.2) is 0 Å². The topological polar surface area (TPSA) is 85.8 Å². The first-order chi connectivity index (χ1) is 12.0. The van der Waals surface area contributed by atoms with Crippen LogP contribution >= 0.6 is 11.6 Å². The number of carbonyl (C=O) groups is 2. The molecule has 1 atom stereocenters. The number of fused-ring (bicyclic) bond motifs is 2. The van der Waals surface area contributed by atoms with Gasteiger partial charge in [-0.15, -0.1) is 0 Å². The lowest BCUT2D eigenvalue weighted by atomic mass is 10.1. The van der Waals surface area contributed by atoms with Crippen LogP contribution in [0.2, 0.25) is 5.02 Å². The number of amides is 2. The molecule has 3 aromatic rings. The van der Waals surface area contributed by atoms with Crippen molar-refractivity contribution in [3.63, 3.8) is 0 Å². The Morgan fingerprint density at radius 2 is 1.96 bits per heavy atom. The standard InChI is InChI=1S/C18H13ClN2O4/c19-11-5-6-13-10(7-11)8-15(24-13)18(23)21-9-16(17(20)22)25-14-4-2-1-3-12(14)21/h1-8,16H,9H2,(H2,20,22)/t16-/m0/s1. The summed E-state index contributed by atoms with van der Waals surface area (Å²) in [6.07, 6.45) is -0.919. The van der Waals surface area contributed by atoms with Crippen molar-refractivity contribution in [1.29, 1.82) is 0 Å². The van der Waals surface area contributed by atoms with Gasteiger partial charge in [-0.1, -0.05) is 23.7 Å². The molecule has 0 saturated heterocycles. The SMILES string of the molecule is NC(=O)[C@@H]1CN(C(=O)c2cc3cc(Cl)ccc3o2)c2ccccc2O1. The number of nitrogens with zero attached hydrogens (tertiary/aromatic N) is 1. The number of primary amides is 1. The first-order valence-electron chi connectivity index (χ1n) is 7.59. The highest BCUT2D eigenvalue weighted by Crippen LogP contribution is 2.34. The van der Waals surface area contributed by atoms with E-state index in [4.69, 9.17) is 26.5 Å². The summed E-state index contributed by atoms with van der Waals surface area (Å²) in [5.74, 6) is -0.444. The zero-order chi connectivity index (χ0) is 17.6. The molecule has 2 N–H and O–H groups in total. The zero-order valence-electron chi connectivity index (χ0n) is 12.9. The minimum Gasteiger partial charge on any atom is -0.477 e. The minimum absolute atomic E-state index is 0.0168. The summed E-state index contributed by atoms with van der Waals surface area (Å²) in [5, 5.41) is 1.28. The number of ether oxygens (including phenoxy) is 1. The molecule has 0 bridgehead atoms. The zero-order valence-corrected chi connectivity index (χ0v) is 13.7. The van der Waals surface area contributed by atoms with Crippen LogP contribution in [-0.4, -0.2) is 24.5 Å². The molecule has 4 rings (SSSR count). The first kappa shape index (κ1) is 15.5. The molecular formula is C18H13ClN2O4. The Balaban J connectivity index is 1.76. The Bertz CT molecular complexity index is 998. The summed E-state index contributed by atoms with van der Waals surface area (Å²) in [7, 11) is 0. The Labute approximate surface area is 147 Å². The molecule has 0 fully saturated rings. The van der Waals surface area contributed by atoms with Crippen molar-refractivity contribution in [3.8, 4) is 5.75 Å². The van der Waals surface area contributed by atoms with E-state index in [-0.39, 0.29) is 18.2 Å². The lowest BCUT2D eigenvalue weighted by molar-refractivity contribution is -0.124. The molecule has 0 saturated carbocycles. The van der Waals surface area contributed by atoms with E-state index in [9.17, 15) is 9.59 Å². The molecule has 6 nitrogen and oxygen atoms in total. The van der Waals surface area contributed by atoms with E-state index < -0.39 is 12.0 Å². The number of rotatable bonds is 2. The number of hydrogen-bond acceptors (Lipinski definition) is 4. The van der Waals surface area contributed by atoms with Gasteiger partial charge in [0.2, 0.25) is 0 Å². The summed E-state index contributed by atoms with van der Waals surface area (Å²) >= 11 is 5.97. The van der Waals surface area contributed by atoms with Crippen molar-refractivity contribution in [2.24, 2.45) is 5.73 Å². The summed E-state index contributed by atoms with van der Waals surface area (Å²) < 4.78 is 11.2. The molecule has 25 heavy (non-hydrogen) atoms. The molecule has 0 unspecified atom stereocenters. The lowest BCUT2D eigenvalue weighted by Gasteiger charge is -2.32. The third-order valence-corrected chi connectivity index (χ3v) is 4.26. The quantitative estimate of drug-likeness (QED) is 0.764. The molecule has 2 amide bonds. The first-order valence-corrected chi connectivity index (χ1v) is 7.97. The molecule has 2 heterocycles. The maximum absolute atomic E-state index is 13.0. The van der Waals surface area contributed by atoms with Crippen LogP contribution in [0.4, 0.5) is 5.69 Å². The van der Waals surface area contributed by atoms with Gasteiger partial charge in [0.1, 0.15) is 11.3 Å². The van der Waals surface area contributed by atoms with E-state index in [1.54, 1.807) is 48.5 Å². The van der Waals surface area contributed by atoms with E-state index in [1.165, 1.54) is 4.90 Å². The molecule has 1 aliphatic heterocycles. The third kappa shape index (κ3) is 2.70. The molecule has 0 aliphatic carbocycles. The molecule has 2 aromatic carbocycles. The van der Waals surface area contributed by atoms with Crippen molar-refractivity contribution in [3.05, 3.63) is 59.3 Å². The number of furan rings is 1. The largest absolute Gasteiger partial charge is 0.477 e. The van der Waals surface area contributed by atoms with Gasteiger partial charge in [-0.3, -0.25) is 14.5 Å². The van der Waals surface area contributed by atoms with Crippen LogP contribution in [0.1, 0.15) is 10.6 Å². The number of halogens is 1. The number of benzene rings is 2. The van der Waals surface area contributed by atoms with Crippen molar-refractivity contribution in [1.82, 2.24) is 0 Å². The smallest absolute Gasteiger partial charge is 0.294 e. The second kappa shape index (κ2) is 5.82. The summed E-state index contributed by atoms with van der Waals surface area (Å²) in [6, 6.07) is 13.7. The molecule has 7 heteroatoms. The maximum Gasteiger partial charge on any atom is 0.294 e. The van der Waals surface area contributed by atoms with Gasteiger partial charge in [-0.05, 0) is 36.4 Å². The summed E-state index contributed by atoms with van der Waals surface area (Å²) in [4.78, 5) is 26.0. The summed E-state index contributed by atoms with van der Waals surface area (Å²) in [5.41, 5.74) is 6.48. The van der Waals surface area contributed by atoms with Gasteiger partial charge in [0.25, 0.3) is 11.8 Å². The van der Waals surface area contributed by atoms with Crippen LogP contribution in [0.15, 0.2) is 52.9 Å². The van der Waals surface area contributed by atoms with Gasteiger partial charge >= 0.3 is 0 Å². The van der Waals surface area contributed by atoms with Crippen molar-refractivity contribution >= 4 is 40.1 Å². The van der Waals surface area contributed by atoms with Crippen LogP contribution in [0.5, 0.6) is 5.75 Å². The second-order valence-corrected chi connectivity index (χ2v) is 6.12. The fourth-order valence-electron chi connectivity index (χ4n) is 2.83. The van der Waals surface area contributed by atoms with Gasteiger partial charge < -0.3 is 14.9 Å². The van der Waals surface area contributed by atoms with E-state index in [0.29, 0.717) is 22.0 Å². The van der Waals surface area contributed by atoms with E-state index in [2.05, 4.69) is 0 Å². The lowest BCUT2D eigenvalue weighted by Crippen LogP contribution is -2.49. The van der Waals surface area contributed by atoms with Crippen LogP contribution < -0.4 is 15.4 Å². The monoisotopic (exact) mass is 356 g/mol. The average Bonchev–Trinajstić information content (AvgIpc) is 3.03. The minimum atomic E-state index is -0.919. The predicted molar refractivity (Wildman–Crippen MR) is 93.0 cm³/mol. The van der Waals surface area contributed by atoms with E-state index >= 15 is 0 Å². The summed E-state index contributed by atoms with van der Waals surface area (Å²) in [6.45, 7) is 0.0168. The Hall–Kier alpha value is -2.99. The molecule has 126 valence electrons. The van der Waals surface area contributed by atoms with Crippen LogP contribution in [0.25, 0.3) is 11.0 Å².